The largest absolute Gasteiger partial charge is 0.492 e. The van der Waals surface area contributed by atoms with Crippen molar-refractivity contribution in [2.24, 2.45) is 5.92 Å². The Morgan fingerprint density at radius 3 is 2.41 bits per heavy atom. The highest BCUT2D eigenvalue weighted by Gasteiger charge is 2.26. The third kappa shape index (κ3) is 6.28. The second-order valence-corrected chi connectivity index (χ2v) is 11.1. The number of nitrogens with one attached hydrogen (secondary N) is 2. The molecule has 0 radical (unpaired) electrons. The molecule has 10 heteroatoms. The van der Waals surface area contributed by atoms with Crippen LogP contribution in [-0.4, -0.2) is 43.4 Å². The topological polar surface area (TPSA) is 87.7 Å². The van der Waals surface area contributed by atoms with Crippen molar-refractivity contribution in [2.75, 3.05) is 25.0 Å². The van der Waals surface area contributed by atoms with Gasteiger partial charge in [-0.3, -0.25) is 10.1 Å². The second-order valence-electron chi connectivity index (χ2n) is 7.89. The van der Waals surface area contributed by atoms with Crippen LogP contribution in [0.25, 0.3) is 0 Å². The summed E-state index contributed by atoms with van der Waals surface area (Å²) in [6.07, 6.45) is 1.77. The molecule has 0 spiro atoms. The number of rotatable bonds is 7. The molecule has 2 N–H and O–H groups in total. The fourth-order valence-corrected chi connectivity index (χ4v) is 5.36. The molecule has 0 aromatic heterocycles. The van der Waals surface area contributed by atoms with Gasteiger partial charge >= 0.3 is 0 Å². The lowest BCUT2D eigenvalue weighted by Crippen LogP contribution is -2.34. The lowest BCUT2D eigenvalue weighted by atomic mass is 10.2. The van der Waals surface area contributed by atoms with E-state index in [4.69, 9.17) is 17.0 Å². The number of halogens is 1. The van der Waals surface area contributed by atoms with Gasteiger partial charge in [0.2, 0.25) is 10.0 Å². The summed E-state index contributed by atoms with van der Waals surface area (Å²) < 4.78 is 33.1. The van der Waals surface area contributed by atoms with Crippen LogP contribution in [0.15, 0.2) is 51.8 Å². The smallest absolute Gasteiger partial charge is 0.257 e. The number of nitrogens with zero attached hydrogens (tertiary/aromatic N) is 1. The average Bonchev–Trinajstić information content (AvgIpc) is 3.29. The molecule has 32 heavy (non-hydrogen) atoms. The van der Waals surface area contributed by atoms with Crippen molar-refractivity contribution in [3.05, 3.63) is 52.5 Å². The van der Waals surface area contributed by atoms with E-state index in [1.807, 2.05) is 0 Å². The van der Waals surface area contributed by atoms with E-state index in [0.717, 1.165) is 12.8 Å². The number of anilines is 1. The number of hydrogen-bond acceptors (Lipinski definition) is 5. The third-order valence-electron chi connectivity index (χ3n) is 4.81. The molecule has 1 fully saturated rings. The fourth-order valence-electron chi connectivity index (χ4n) is 3.14. The summed E-state index contributed by atoms with van der Waals surface area (Å²) in [7, 11) is -3.47. The molecule has 1 aliphatic rings. The Balaban J connectivity index is 1.58. The summed E-state index contributed by atoms with van der Waals surface area (Å²) in [4.78, 5) is 12.8. The maximum atomic E-state index is 12.6. The van der Waals surface area contributed by atoms with Crippen LogP contribution in [0.4, 0.5) is 5.69 Å². The van der Waals surface area contributed by atoms with Gasteiger partial charge < -0.3 is 10.1 Å². The normalized spacial score (nSPS) is 14.4. The Morgan fingerprint density at radius 1 is 1.16 bits per heavy atom. The van der Waals surface area contributed by atoms with Gasteiger partial charge in [0.15, 0.2) is 5.11 Å². The van der Waals surface area contributed by atoms with Crippen LogP contribution in [0.1, 0.15) is 37.0 Å². The van der Waals surface area contributed by atoms with Crippen molar-refractivity contribution in [3.8, 4) is 5.75 Å². The number of thiocarbonyl (C=S) groups is 1. The van der Waals surface area contributed by atoms with E-state index in [1.165, 1.54) is 16.4 Å². The number of benzene rings is 2. The van der Waals surface area contributed by atoms with Gasteiger partial charge in [0.1, 0.15) is 5.75 Å². The minimum atomic E-state index is -3.47. The summed E-state index contributed by atoms with van der Waals surface area (Å²) >= 11 is 8.66. The van der Waals surface area contributed by atoms with Gasteiger partial charge in [-0.15, -0.1) is 0 Å². The maximum absolute atomic E-state index is 12.6. The van der Waals surface area contributed by atoms with Crippen molar-refractivity contribution in [1.29, 1.82) is 0 Å². The first-order valence-electron chi connectivity index (χ1n) is 10.3. The summed E-state index contributed by atoms with van der Waals surface area (Å²) in [6, 6.07) is 11.4. The molecule has 172 valence electrons. The van der Waals surface area contributed by atoms with Crippen LogP contribution in [0.5, 0.6) is 5.75 Å². The molecular formula is C22H26BrN3O4S2. The van der Waals surface area contributed by atoms with Crippen LogP contribution in [-0.2, 0) is 10.0 Å². The Kier molecular flexibility index (Phi) is 8.26. The van der Waals surface area contributed by atoms with E-state index in [2.05, 4.69) is 40.4 Å². The monoisotopic (exact) mass is 539 g/mol. The second kappa shape index (κ2) is 10.7. The first kappa shape index (κ1) is 24.6. The summed E-state index contributed by atoms with van der Waals surface area (Å²) in [6.45, 7) is 5.81. The highest BCUT2D eigenvalue weighted by molar-refractivity contribution is 9.10. The van der Waals surface area contributed by atoms with Crippen molar-refractivity contribution in [1.82, 2.24) is 9.62 Å². The first-order chi connectivity index (χ1) is 15.2. The van der Waals surface area contributed by atoms with E-state index in [0.29, 0.717) is 47.1 Å². The Labute approximate surface area is 202 Å². The SMILES string of the molecule is CC(C)COc1ccc(C(=O)NC(=S)Nc2ccc(S(=O)(=O)N3CCCC3)cc2)cc1Br. The third-order valence-corrected chi connectivity index (χ3v) is 7.54. The van der Waals surface area contributed by atoms with E-state index >= 15 is 0 Å². The molecule has 1 saturated heterocycles. The summed E-state index contributed by atoms with van der Waals surface area (Å²) in [5.41, 5.74) is 0.999. The predicted molar refractivity (Wildman–Crippen MR) is 133 cm³/mol. The zero-order chi connectivity index (χ0) is 23.3. The molecule has 7 nitrogen and oxygen atoms in total. The molecule has 0 saturated carbocycles. The molecule has 2 aromatic carbocycles. The first-order valence-corrected chi connectivity index (χ1v) is 13.0. The van der Waals surface area contributed by atoms with E-state index in [-0.39, 0.29) is 15.9 Å². The predicted octanol–water partition coefficient (Wildman–Crippen LogP) is 4.40. The highest BCUT2D eigenvalue weighted by atomic mass is 79.9. The van der Waals surface area contributed by atoms with Gasteiger partial charge in [0.05, 0.1) is 16.0 Å². The van der Waals surface area contributed by atoms with Gasteiger partial charge in [-0.05, 0) is 89.4 Å². The van der Waals surface area contributed by atoms with Crippen molar-refractivity contribution < 1.29 is 17.9 Å². The maximum Gasteiger partial charge on any atom is 0.257 e. The highest BCUT2D eigenvalue weighted by Crippen LogP contribution is 2.26. The van der Waals surface area contributed by atoms with Crippen LogP contribution in [0.2, 0.25) is 0 Å². The van der Waals surface area contributed by atoms with E-state index < -0.39 is 10.0 Å². The van der Waals surface area contributed by atoms with Gasteiger partial charge in [0, 0.05) is 24.3 Å². The molecule has 0 unspecified atom stereocenters. The van der Waals surface area contributed by atoms with Gasteiger partial charge in [-0.25, -0.2) is 8.42 Å². The van der Waals surface area contributed by atoms with E-state index in [1.54, 1.807) is 30.3 Å². The quantitative estimate of drug-likeness (QED) is 0.507. The number of carbonyl (C=O) groups is 1. The Bertz CT molecular complexity index is 1080. The van der Waals surface area contributed by atoms with E-state index in [9.17, 15) is 13.2 Å². The summed E-state index contributed by atoms with van der Waals surface area (Å²) in [5.74, 6) is 0.689. The molecule has 1 amide bonds. The number of carbonyl (C=O) groups excluding carboxylic acids is 1. The minimum absolute atomic E-state index is 0.112. The van der Waals surface area contributed by atoms with Crippen LogP contribution in [0, 0.1) is 5.92 Å². The number of hydrogen-bond donors (Lipinski definition) is 2. The molecule has 3 rings (SSSR count). The molecule has 0 atom stereocenters. The zero-order valence-corrected chi connectivity index (χ0v) is 21.1. The molecular weight excluding hydrogens is 514 g/mol. The minimum Gasteiger partial charge on any atom is -0.492 e. The summed E-state index contributed by atoms with van der Waals surface area (Å²) in [5, 5.41) is 5.64. The Hall–Kier alpha value is -2.01. The van der Waals surface area contributed by atoms with Gasteiger partial charge in [-0.1, -0.05) is 13.8 Å². The number of ether oxygens (including phenoxy) is 1. The molecule has 1 aliphatic heterocycles. The van der Waals surface area contributed by atoms with Crippen LogP contribution < -0.4 is 15.4 Å². The molecule has 0 aliphatic carbocycles. The number of amides is 1. The van der Waals surface area contributed by atoms with Gasteiger partial charge in [-0.2, -0.15) is 4.31 Å². The van der Waals surface area contributed by atoms with Crippen molar-refractivity contribution in [3.63, 3.8) is 0 Å². The van der Waals surface area contributed by atoms with Gasteiger partial charge in [0.25, 0.3) is 5.91 Å². The standard InChI is InChI=1S/C22H26BrN3O4S2/c1-15(2)14-30-20-10-5-16(13-19(20)23)21(27)25-22(31)24-17-6-8-18(9-7-17)32(28,29)26-11-3-4-12-26/h5-10,13,15H,3-4,11-12,14H2,1-2H3,(H2,24,25,27,31). The lowest BCUT2D eigenvalue weighted by molar-refractivity contribution is 0.0977. The Morgan fingerprint density at radius 2 is 1.81 bits per heavy atom. The fraction of sp³-hybridized carbons (Fsp3) is 0.364. The van der Waals surface area contributed by atoms with Crippen molar-refractivity contribution >= 4 is 54.9 Å². The zero-order valence-electron chi connectivity index (χ0n) is 17.9. The molecule has 1 heterocycles. The van der Waals surface area contributed by atoms with Crippen molar-refractivity contribution in [2.45, 2.75) is 31.6 Å². The lowest BCUT2D eigenvalue weighted by Gasteiger charge is -2.16. The molecule has 0 bridgehead atoms. The molecule has 2 aromatic rings. The number of sulfonamides is 1. The average molecular weight is 541 g/mol. The van der Waals surface area contributed by atoms with Crippen LogP contribution >= 0.6 is 28.1 Å². The van der Waals surface area contributed by atoms with Crippen LogP contribution in [0.3, 0.4) is 0 Å².